The molecular formula is C13H16BrN3O2. The van der Waals surface area contributed by atoms with E-state index >= 15 is 0 Å². The number of nitrogens with two attached hydrogens (primary N) is 1. The molecule has 102 valence electrons. The molecule has 19 heavy (non-hydrogen) atoms. The lowest BCUT2D eigenvalue weighted by molar-refractivity contribution is -0.119. The molecule has 0 atom stereocenters. The van der Waals surface area contributed by atoms with Gasteiger partial charge in [-0.3, -0.25) is 9.59 Å². The van der Waals surface area contributed by atoms with E-state index in [1.165, 1.54) is 0 Å². The van der Waals surface area contributed by atoms with E-state index in [1.54, 1.807) is 23.2 Å². The van der Waals surface area contributed by atoms with E-state index in [-0.39, 0.29) is 18.5 Å². The minimum absolute atomic E-state index is 0.0491. The number of rotatable bonds is 4. The lowest BCUT2D eigenvalue weighted by atomic mass is 10.2. The maximum absolute atomic E-state index is 12.5. The number of aromatic nitrogens is 1. The summed E-state index contributed by atoms with van der Waals surface area (Å²) < 4.78 is 0.632. The smallest absolute Gasteiger partial charge is 0.274 e. The van der Waals surface area contributed by atoms with Crippen LogP contribution >= 0.6 is 15.9 Å². The van der Waals surface area contributed by atoms with Crippen LogP contribution in [0, 0.1) is 0 Å². The zero-order valence-electron chi connectivity index (χ0n) is 10.5. The van der Waals surface area contributed by atoms with E-state index in [0.29, 0.717) is 10.2 Å². The number of carbonyl (C=O) groups is 2. The van der Waals surface area contributed by atoms with Crippen LogP contribution in [-0.4, -0.2) is 34.3 Å². The van der Waals surface area contributed by atoms with Gasteiger partial charge >= 0.3 is 0 Å². The Balaban J connectivity index is 2.24. The van der Waals surface area contributed by atoms with Gasteiger partial charge in [-0.2, -0.15) is 0 Å². The van der Waals surface area contributed by atoms with Gasteiger partial charge in [0, 0.05) is 16.7 Å². The first-order valence-corrected chi connectivity index (χ1v) is 7.08. The summed E-state index contributed by atoms with van der Waals surface area (Å²) in [4.78, 5) is 29.3. The van der Waals surface area contributed by atoms with Gasteiger partial charge < -0.3 is 10.6 Å². The molecule has 0 saturated heterocycles. The van der Waals surface area contributed by atoms with Crippen molar-refractivity contribution in [3.63, 3.8) is 0 Å². The lowest BCUT2D eigenvalue weighted by Crippen LogP contribution is -2.44. The number of hydrogen-bond acceptors (Lipinski definition) is 3. The summed E-state index contributed by atoms with van der Waals surface area (Å²) in [7, 11) is 0. The summed E-state index contributed by atoms with van der Waals surface area (Å²) in [6.45, 7) is -0.0491. The van der Waals surface area contributed by atoms with Crippen LogP contribution in [0.15, 0.2) is 22.8 Å². The first-order valence-electron chi connectivity index (χ1n) is 6.29. The van der Waals surface area contributed by atoms with Crippen molar-refractivity contribution in [3.05, 3.63) is 28.5 Å². The Labute approximate surface area is 120 Å². The first kappa shape index (κ1) is 14.0. The summed E-state index contributed by atoms with van der Waals surface area (Å²) in [6, 6.07) is 3.60. The fraction of sp³-hybridized carbons (Fsp3) is 0.462. The molecule has 0 radical (unpaired) electrons. The number of halogens is 1. The summed E-state index contributed by atoms with van der Waals surface area (Å²) in [5, 5.41) is 0. The number of amides is 2. The van der Waals surface area contributed by atoms with Gasteiger partial charge in [0.1, 0.15) is 5.69 Å². The number of nitrogens with zero attached hydrogens (tertiary/aromatic N) is 2. The van der Waals surface area contributed by atoms with Gasteiger partial charge in [0.2, 0.25) is 5.91 Å². The zero-order chi connectivity index (χ0) is 13.8. The molecule has 0 unspecified atom stereocenters. The Morgan fingerprint density at radius 3 is 2.68 bits per heavy atom. The summed E-state index contributed by atoms with van der Waals surface area (Å²) in [5.74, 6) is -0.731. The van der Waals surface area contributed by atoms with Gasteiger partial charge in [-0.1, -0.05) is 12.8 Å². The molecular weight excluding hydrogens is 310 g/mol. The molecule has 1 aromatic heterocycles. The zero-order valence-corrected chi connectivity index (χ0v) is 12.1. The van der Waals surface area contributed by atoms with Crippen LogP contribution < -0.4 is 5.73 Å². The lowest BCUT2D eigenvalue weighted by Gasteiger charge is -2.27. The second-order valence-electron chi connectivity index (χ2n) is 4.67. The molecule has 1 aromatic rings. The molecule has 5 nitrogen and oxygen atoms in total. The molecule has 2 amide bonds. The van der Waals surface area contributed by atoms with Gasteiger partial charge in [0.15, 0.2) is 0 Å². The van der Waals surface area contributed by atoms with Crippen LogP contribution in [0.2, 0.25) is 0 Å². The van der Waals surface area contributed by atoms with Crippen LogP contribution in [0.3, 0.4) is 0 Å². The third-order valence-electron chi connectivity index (χ3n) is 3.31. The molecule has 1 aliphatic carbocycles. The van der Waals surface area contributed by atoms with E-state index in [4.69, 9.17) is 5.73 Å². The standard InChI is InChI=1S/C13H16BrN3O2/c14-10-6-3-7-16-12(10)13(19)17(8-11(15)18)9-4-1-2-5-9/h3,6-7,9H,1-2,4-5,8H2,(H2,15,18). The van der Waals surface area contributed by atoms with Gasteiger partial charge in [-0.15, -0.1) is 0 Å². The van der Waals surface area contributed by atoms with Crippen molar-refractivity contribution < 1.29 is 9.59 Å². The molecule has 0 aliphatic heterocycles. The monoisotopic (exact) mass is 325 g/mol. The maximum Gasteiger partial charge on any atom is 0.274 e. The summed E-state index contributed by atoms with van der Waals surface area (Å²) in [5.41, 5.74) is 5.58. The summed E-state index contributed by atoms with van der Waals surface area (Å²) in [6.07, 6.45) is 5.56. The van der Waals surface area contributed by atoms with Gasteiger partial charge in [-0.25, -0.2) is 4.98 Å². The quantitative estimate of drug-likeness (QED) is 0.915. The molecule has 2 rings (SSSR count). The van der Waals surface area contributed by atoms with Crippen LogP contribution in [0.5, 0.6) is 0 Å². The number of carbonyl (C=O) groups excluding carboxylic acids is 2. The van der Waals surface area contributed by atoms with Crippen molar-refractivity contribution in [2.45, 2.75) is 31.7 Å². The molecule has 0 aromatic carbocycles. The second kappa shape index (κ2) is 6.14. The van der Waals surface area contributed by atoms with Crippen molar-refractivity contribution in [2.75, 3.05) is 6.54 Å². The Kier molecular flexibility index (Phi) is 4.52. The fourth-order valence-corrected chi connectivity index (χ4v) is 2.85. The Morgan fingerprint density at radius 1 is 1.42 bits per heavy atom. The van der Waals surface area contributed by atoms with E-state index < -0.39 is 5.91 Å². The first-order chi connectivity index (χ1) is 9.09. The van der Waals surface area contributed by atoms with Crippen LogP contribution in [-0.2, 0) is 4.79 Å². The Hall–Kier alpha value is -1.43. The normalized spacial score (nSPS) is 15.4. The SMILES string of the molecule is NC(=O)CN(C(=O)c1ncccc1Br)C1CCCC1. The highest BCUT2D eigenvalue weighted by Crippen LogP contribution is 2.25. The number of primary amides is 1. The average molecular weight is 326 g/mol. The molecule has 1 saturated carbocycles. The van der Waals surface area contributed by atoms with Crippen molar-refractivity contribution >= 4 is 27.7 Å². The third kappa shape index (κ3) is 3.32. The largest absolute Gasteiger partial charge is 0.368 e. The van der Waals surface area contributed by atoms with Crippen molar-refractivity contribution in [3.8, 4) is 0 Å². The number of pyridine rings is 1. The van der Waals surface area contributed by atoms with Crippen molar-refractivity contribution in [2.24, 2.45) is 5.73 Å². The predicted molar refractivity (Wildman–Crippen MR) is 74.4 cm³/mol. The third-order valence-corrected chi connectivity index (χ3v) is 3.95. The van der Waals surface area contributed by atoms with Crippen LogP contribution in [0.25, 0.3) is 0 Å². The highest BCUT2D eigenvalue weighted by molar-refractivity contribution is 9.10. The highest BCUT2D eigenvalue weighted by atomic mass is 79.9. The van der Waals surface area contributed by atoms with E-state index in [9.17, 15) is 9.59 Å². The summed E-state index contributed by atoms with van der Waals surface area (Å²) >= 11 is 3.31. The molecule has 2 N–H and O–H groups in total. The minimum Gasteiger partial charge on any atom is -0.368 e. The van der Waals surface area contributed by atoms with E-state index in [1.807, 2.05) is 0 Å². The van der Waals surface area contributed by atoms with Crippen LogP contribution in [0.4, 0.5) is 0 Å². The average Bonchev–Trinajstić information content (AvgIpc) is 2.89. The van der Waals surface area contributed by atoms with Gasteiger partial charge in [0.25, 0.3) is 5.91 Å². The maximum atomic E-state index is 12.5. The van der Waals surface area contributed by atoms with Gasteiger partial charge in [0.05, 0.1) is 6.54 Å². The van der Waals surface area contributed by atoms with E-state index in [0.717, 1.165) is 25.7 Å². The molecule has 1 fully saturated rings. The minimum atomic E-state index is -0.493. The molecule has 1 heterocycles. The predicted octanol–water partition coefficient (Wildman–Crippen LogP) is 1.71. The Morgan fingerprint density at radius 2 is 2.11 bits per heavy atom. The molecule has 0 bridgehead atoms. The van der Waals surface area contributed by atoms with Crippen molar-refractivity contribution in [1.82, 2.24) is 9.88 Å². The highest BCUT2D eigenvalue weighted by Gasteiger charge is 2.30. The van der Waals surface area contributed by atoms with Crippen molar-refractivity contribution in [1.29, 1.82) is 0 Å². The Bertz CT molecular complexity index is 487. The molecule has 0 spiro atoms. The topological polar surface area (TPSA) is 76.3 Å². The fourth-order valence-electron chi connectivity index (χ4n) is 2.43. The second-order valence-corrected chi connectivity index (χ2v) is 5.53. The van der Waals surface area contributed by atoms with Crippen LogP contribution in [0.1, 0.15) is 36.2 Å². The molecule has 1 aliphatic rings. The van der Waals surface area contributed by atoms with E-state index in [2.05, 4.69) is 20.9 Å². The number of hydrogen-bond donors (Lipinski definition) is 1. The van der Waals surface area contributed by atoms with Gasteiger partial charge in [-0.05, 0) is 40.9 Å². The molecule has 6 heteroatoms.